The topological polar surface area (TPSA) is 78.0 Å². The van der Waals surface area contributed by atoms with Crippen LogP contribution in [0.1, 0.15) is 61.4 Å². The first-order valence-corrected chi connectivity index (χ1v) is 7.98. The molecule has 0 unspecified atom stereocenters. The van der Waals surface area contributed by atoms with Crippen molar-refractivity contribution in [2.24, 2.45) is 0 Å². The van der Waals surface area contributed by atoms with E-state index >= 15 is 0 Å². The summed E-state index contributed by atoms with van der Waals surface area (Å²) in [6.07, 6.45) is -0.535. The van der Waals surface area contributed by atoms with E-state index < -0.39 is 23.4 Å². The maximum atomic E-state index is 12.7. The SMILES string of the molecule is [C-]#[N+]c1cnn(C(C)C)c1N(C(=O)OC(C)(C)C)C(=O)OC(C)(C)C. The molecule has 0 aromatic carbocycles. The number of imide groups is 1. The Labute approximate surface area is 148 Å². The Kier molecular flexibility index (Phi) is 5.84. The van der Waals surface area contributed by atoms with Gasteiger partial charge in [-0.3, -0.25) is 4.68 Å². The average Bonchev–Trinajstić information content (AvgIpc) is 2.78. The summed E-state index contributed by atoms with van der Waals surface area (Å²) in [4.78, 5) is 29.5. The van der Waals surface area contributed by atoms with E-state index in [2.05, 4.69) is 9.94 Å². The molecule has 0 aliphatic carbocycles. The van der Waals surface area contributed by atoms with Crippen molar-refractivity contribution in [2.75, 3.05) is 4.90 Å². The van der Waals surface area contributed by atoms with Crippen LogP contribution in [-0.4, -0.2) is 33.2 Å². The molecule has 2 amide bonds. The standard InChI is InChI=1S/C17H26N4O4/c1-11(2)21-13(12(18-9)10-19-21)20(14(22)24-16(3,4)5)15(23)25-17(6,7)8/h10-11H,1-8H3. The van der Waals surface area contributed by atoms with E-state index in [0.717, 1.165) is 4.90 Å². The molecular weight excluding hydrogens is 324 g/mol. The minimum Gasteiger partial charge on any atom is -0.443 e. The van der Waals surface area contributed by atoms with Gasteiger partial charge in [0.2, 0.25) is 5.69 Å². The average molecular weight is 350 g/mol. The van der Waals surface area contributed by atoms with E-state index in [9.17, 15) is 9.59 Å². The number of aromatic nitrogens is 2. The van der Waals surface area contributed by atoms with Crippen molar-refractivity contribution in [3.05, 3.63) is 17.6 Å². The van der Waals surface area contributed by atoms with Crippen LogP contribution in [0.5, 0.6) is 0 Å². The van der Waals surface area contributed by atoms with E-state index in [1.165, 1.54) is 10.9 Å². The maximum Gasteiger partial charge on any atom is 0.424 e. The number of hydrogen-bond acceptors (Lipinski definition) is 5. The summed E-state index contributed by atoms with van der Waals surface area (Å²) in [6.45, 7) is 21.1. The highest BCUT2D eigenvalue weighted by atomic mass is 16.6. The molecule has 138 valence electrons. The van der Waals surface area contributed by atoms with E-state index in [1.54, 1.807) is 41.5 Å². The fraction of sp³-hybridized carbons (Fsp3) is 0.647. The van der Waals surface area contributed by atoms with Crippen molar-refractivity contribution in [3.63, 3.8) is 0 Å². The number of amides is 2. The molecule has 1 heterocycles. The van der Waals surface area contributed by atoms with Gasteiger partial charge in [0, 0.05) is 6.04 Å². The normalized spacial score (nSPS) is 11.8. The Morgan fingerprint density at radius 3 is 1.88 bits per heavy atom. The molecular formula is C17H26N4O4. The van der Waals surface area contributed by atoms with Crippen LogP contribution in [0, 0.1) is 6.57 Å². The van der Waals surface area contributed by atoms with Crippen LogP contribution in [0.25, 0.3) is 4.85 Å². The van der Waals surface area contributed by atoms with Gasteiger partial charge in [0.25, 0.3) is 0 Å². The van der Waals surface area contributed by atoms with Gasteiger partial charge < -0.3 is 9.47 Å². The molecule has 1 aromatic rings. The summed E-state index contributed by atoms with van der Waals surface area (Å²) < 4.78 is 12.1. The smallest absolute Gasteiger partial charge is 0.424 e. The van der Waals surface area contributed by atoms with Gasteiger partial charge in [-0.05, 0) is 55.4 Å². The summed E-state index contributed by atoms with van der Waals surface area (Å²) in [5.41, 5.74) is -1.58. The number of carbonyl (C=O) groups excluding carboxylic acids is 2. The third kappa shape index (κ3) is 5.48. The van der Waals surface area contributed by atoms with E-state index in [1.807, 2.05) is 13.8 Å². The number of nitrogens with zero attached hydrogens (tertiary/aromatic N) is 4. The first-order chi connectivity index (χ1) is 11.3. The van der Waals surface area contributed by atoms with Crippen molar-refractivity contribution in [2.45, 2.75) is 72.6 Å². The largest absolute Gasteiger partial charge is 0.443 e. The summed E-state index contributed by atoms with van der Waals surface area (Å²) in [5, 5.41) is 4.11. The molecule has 0 fully saturated rings. The zero-order valence-corrected chi connectivity index (χ0v) is 16.1. The van der Waals surface area contributed by atoms with Crippen LogP contribution >= 0.6 is 0 Å². The second-order valence-corrected chi connectivity index (χ2v) is 7.80. The Bertz CT molecular complexity index is 659. The Balaban J connectivity index is 3.47. The molecule has 1 aromatic heterocycles. The van der Waals surface area contributed by atoms with Gasteiger partial charge >= 0.3 is 12.2 Å². The van der Waals surface area contributed by atoms with Gasteiger partial charge in [0.1, 0.15) is 11.2 Å². The number of ether oxygens (including phenoxy) is 2. The van der Waals surface area contributed by atoms with Crippen LogP contribution in [0.4, 0.5) is 21.1 Å². The molecule has 0 atom stereocenters. The van der Waals surface area contributed by atoms with Crippen molar-refractivity contribution >= 4 is 23.7 Å². The number of rotatable bonds is 2. The van der Waals surface area contributed by atoms with E-state index in [-0.39, 0.29) is 17.5 Å². The second-order valence-electron chi connectivity index (χ2n) is 7.80. The van der Waals surface area contributed by atoms with E-state index in [0.29, 0.717) is 0 Å². The highest BCUT2D eigenvalue weighted by Gasteiger charge is 2.36. The first kappa shape index (κ1) is 20.5. The van der Waals surface area contributed by atoms with Crippen LogP contribution in [0.3, 0.4) is 0 Å². The van der Waals surface area contributed by atoms with Crippen LogP contribution in [0.2, 0.25) is 0 Å². The molecule has 0 N–H and O–H groups in total. The second kappa shape index (κ2) is 7.13. The molecule has 1 rings (SSSR count). The van der Waals surface area contributed by atoms with E-state index in [4.69, 9.17) is 16.0 Å². The molecule has 0 spiro atoms. The van der Waals surface area contributed by atoms with Crippen molar-refractivity contribution in [1.82, 2.24) is 9.78 Å². The molecule has 0 saturated carbocycles. The van der Waals surface area contributed by atoms with Gasteiger partial charge in [-0.15, -0.1) is 0 Å². The van der Waals surface area contributed by atoms with Gasteiger partial charge in [0.05, 0.1) is 12.8 Å². The van der Waals surface area contributed by atoms with Gasteiger partial charge in [-0.2, -0.15) is 10.00 Å². The lowest BCUT2D eigenvalue weighted by molar-refractivity contribution is 0.0427. The molecule has 0 saturated heterocycles. The summed E-state index contributed by atoms with van der Waals surface area (Å²) >= 11 is 0. The molecule has 8 nitrogen and oxygen atoms in total. The predicted molar refractivity (Wildman–Crippen MR) is 93.8 cm³/mol. The fourth-order valence-corrected chi connectivity index (χ4v) is 1.88. The molecule has 0 aliphatic heterocycles. The number of anilines is 1. The predicted octanol–water partition coefficient (Wildman–Crippen LogP) is 4.69. The highest BCUT2D eigenvalue weighted by molar-refractivity contribution is 6.11. The third-order valence-electron chi connectivity index (χ3n) is 2.72. The molecule has 0 bridgehead atoms. The number of carbonyl (C=O) groups is 2. The minimum atomic E-state index is -0.922. The molecule has 8 heteroatoms. The highest BCUT2D eigenvalue weighted by Crippen LogP contribution is 2.33. The molecule has 25 heavy (non-hydrogen) atoms. The maximum absolute atomic E-state index is 12.7. The molecule has 0 aliphatic rings. The summed E-state index contributed by atoms with van der Waals surface area (Å²) in [6, 6.07) is -0.183. The lowest BCUT2D eigenvalue weighted by atomic mass is 10.2. The lowest BCUT2D eigenvalue weighted by Crippen LogP contribution is -2.44. The number of hydrogen-bond donors (Lipinski definition) is 0. The third-order valence-corrected chi connectivity index (χ3v) is 2.72. The fourth-order valence-electron chi connectivity index (χ4n) is 1.88. The van der Waals surface area contributed by atoms with Crippen LogP contribution < -0.4 is 4.90 Å². The Hall–Kier alpha value is -2.56. The van der Waals surface area contributed by atoms with Gasteiger partial charge in [-0.1, -0.05) is 0 Å². The van der Waals surface area contributed by atoms with Crippen LogP contribution in [-0.2, 0) is 9.47 Å². The lowest BCUT2D eigenvalue weighted by Gasteiger charge is -2.29. The van der Waals surface area contributed by atoms with Crippen molar-refractivity contribution in [1.29, 1.82) is 0 Å². The monoisotopic (exact) mass is 350 g/mol. The summed E-state index contributed by atoms with van der Waals surface area (Å²) in [7, 11) is 0. The van der Waals surface area contributed by atoms with Crippen molar-refractivity contribution < 1.29 is 19.1 Å². The first-order valence-electron chi connectivity index (χ1n) is 7.98. The summed E-state index contributed by atoms with van der Waals surface area (Å²) in [5.74, 6) is 0.0356. The minimum absolute atomic E-state index is 0.0356. The Morgan fingerprint density at radius 2 is 1.56 bits per heavy atom. The Morgan fingerprint density at radius 1 is 1.12 bits per heavy atom. The zero-order valence-electron chi connectivity index (χ0n) is 16.1. The zero-order chi connectivity index (χ0) is 19.6. The quantitative estimate of drug-likeness (QED) is 0.723. The molecule has 0 radical (unpaired) electrons. The van der Waals surface area contributed by atoms with Gasteiger partial charge in [-0.25, -0.2) is 14.4 Å². The van der Waals surface area contributed by atoms with Crippen LogP contribution in [0.15, 0.2) is 6.20 Å². The van der Waals surface area contributed by atoms with Crippen molar-refractivity contribution in [3.8, 4) is 0 Å². The van der Waals surface area contributed by atoms with Gasteiger partial charge in [0.15, 0.2) is 5.82 Å².